The van der Waals surface area contributed by atoms with Crippen molar-refractivity contribution in [3.63, 3.8) is 0 Å². The summed E-state index contributed by atoms with van der Waals surface area (Å²) in [5, 5.41) is 7.15. The average Bonchev–Trinajstić information content (AvgIpc) is 2.15. The number of rotatable bonds is 1. The molecule has 1 aliphatic rings. The van der Waals surface area contributed by atoms with Crippen molar-refractivity contribution in [1.29, 1.82) is 0 Å². The van der Waals surface area contributed by atoms with Gasteiger partial charge in [0, 0.05) is 15.6 Å². The van der Waals surface area contributed by atoms with Gasteiger partial charge in [0.2, 0.25) is 0 Å². The molecule has 1 aliphatic heterocycles. The van der Waals surface area contributed by atoms with Gasteiger partial charge in [-0.1, -0.05) is 29.3 Å². The van der Waals surface area contributed by atoms with Crippen molar-refractivity contribution >= 4 is 46.5 Å². The van der Waals surface area contributed by atoms with Gasteiger partial charge < -0.3 is 16.4 Å². The highest BCUT2D eigenvalue weighted by Crippen LogP contribution is 2.27. The van der Waals surface area contributed by atoms with E-state index in [9.17, 15) is 0 Å². The van der Waals surface area contributed by atoms with E-state index in [0.717, 1.165) is 5.56 Å². The van der Waals surface area contributed by atoms with Crippen LogP contribution in [0.3, 0.4) is 0 Å². The molecule has 1 heterocycles. The van der Waals surface area contributed by atoms with Gasteiger partial charge in [-0.15, -0.1) is 0 Å². The van der Waals surface area contributed by atoms with Crippen molar-refractivity contribution in [3.8, 4) is 0 Å². The summed E-state index contributed by atoms with van der Waals surface area (Å²) >= 11 is 16.8. The zero-order chi connectivity index (χ0) is 11.7. The van der Waals surface area contributed by atoms with Gasteiger partial charge in [-0.2, -0.15) is 0 Å². The number of nitrogens with zero attached hydrogens (tertiary/aromatic N) is 1. The van der Waals surface area contributed by atoms with Crippen LogP contribution in [0.15, 0.2) is 23.2 Å². The molecule has 0 fully saturated rings. The molecule has 84 valence electrons. The summed E-state index contributed by atoms with van der Waals surface area (Å²) in [5.74, 6) is 0.264. The maximum atomic E-state index is 6.06. The van der Waals surface area contributed by atoms with Gasteiger partial charge in [-0.25, -0.2) is 4.99 Å². The Hall–Kier alpha value is -1.04. The number of nitrogens with two attached hydrogens (primary N) is 1. The maximum Gasteiger partial charge on any atom is 0.197 e. The number of guanidine groups is 1. The molecular formula is C9H8Cl2N4S. The third kappa shape index (κ3) is 2.37. The predicted octanol–water partition coefficient (Wildman–Crippen LogP) is 1.78. The van der Waals surface area contributed by atoms with E-state index in [1.54, 1.807) is 18.2 Å². The first kappa shape index (κ1) is 11.4. The Bertz CT molecular complexity index is 475. The summed E-state index contributed by atoms with van der Waals surface area (Å²) in [7, 11) is 0. The van der Waals surface area contributed by atoms with Crippen molar-refractivity contribution in [2.24, 2.45) is 10.7 Å². The van der Waals surface area contributed by atoms with Gasteiger partial charge in [0.05, 0.1) is 0 Å². The van der Waals surface area contributed by atoms with Crippen LogP contribution in [0.2, 0.25) is 10.0 Å². The molecule has 0 bridgehead atoms. The molecule has 16 heavy (non-hydrogen) atoms. The zero-order valence-electron chi connectivity index (χ0n) is 8.00. The van der Waals surface area contributed by atoms with Crippen LogP contribution in [0.25, 0.3) is 0 Å². The molecule has 0 unspecified atom stereocenters. The van der Waals surface area contributed by atoms with E-state index in [0.29, 0.717) is 15.2 Å². The summed E-state index contributed by atoms with van der Waals surface area (Å²) in [6.07, 6.45) is -0.376. The molecule has 1 aromatic rings. The highest BCUT2D eigenvalue weighted by molar-refractivity contribution is 7.80. The number of benzene rings is 1. The second-order valence-electron chi connectivity index (χ2n) is 3.18. The lowest BCUT2D eigenvalue weighted by atomic mass is 10.1. The Morgan fingerprint density at radius 2 is 2.12 bits per heavy atom. The van der Waals surface area contributed by atoms with E-state index >= 15 is 0 Å². The van der Waals surface area contributed by atoms with Gasteiger partial charge >= 0.3 is 0 Å². The van der Waals surface area contributed by atoms with Crippen LogP contribution >= 0.6 is 35.4 Å². The highest BCUT2D eigenvalue weighted by atomic mass is 35.5. The van der Waals surface area contributed by atoms with Gasteiger partial charge in [0.1, 0.15) is 0 Å². The van der Waals surface area contributed by atoms with E-state index in [2.05, 4.69) is 15.6 Å². The topological polar surface area (TPSA) is 62.4 Å². The minimum atomic E-state index is -0.376. The third-order valence-corrected chi connectivity index (χ3v) is 2.82. The van der Waals surface area contributed by atoms with Crippen LogP contribution in [0.4, 0.5) is 0 Å². The second-order valence-corrected chi connectivity index (χ2v) is 4.43. The lowest BCUT2D eigenvalue weighted by Gasteiger charge is -2.23. The van der Waals surface area contributed by atoms with E-state index in [-0.39, 0.29) is 12.1 Å². The summed E-state index contributed by atoms with van der Waals surface area (Å²) < 4.78 is 0. The molecule has 0 spiro atoms. The molecule has 7 heteroatoms. The van der Waals surface area contributed by atoms with Gasteiger partial charge in [-0.3, -0.25) is 0 Å². The molecule has 2 rings (SSSR count). The lowest BCUT2D eigenvalue weighted by Crippen LogP contribution is -2.49. The van der Waals surface area contributed by atoms with Crippen LogP contribution in [0, 0.1) is 0 Å². The summed E-state index contributed by atoms with van der Waals surface area (Å²) in [6, 6.07) is 5.17. The van der Waals surface area contributed by atoms with Crippen molar-refractivity contribution in [1.82, 2.24) is 10.6 Å². The Kier molecular flexibility index (Phi) is 3.18. The minimum Gasteiger partial charge on any atom is -0.370 e. The molecule has 0 aliphatic carbocycles. The van der Waals surface area contributed by atoms with Crippen molar-refractivity contribution in [2.45, 2.75) is 6.17 Å². The zero-order valence-corrected chi connectivity index (χ0v) is 10.3. The summed E-state index contributed by atoms with van der Waals surface area (Å²) in [6.45, 7) is 0. The molecule has 0 saturated carbocycles. The van der Waals surface area contributed by atoms with E-state index in [4.69, 9.17) is 41.2 Å². The molecule has 4 N–H and O–H groups in total. The fourth-order valence-electron chi connectivity index (χ4n) is 1.35. The third-order valence-electron chi connectivity index (χ3n) is 2.03. The van der Waals surface area contributed by atoms with Crippen LogP contribution in [0.5, 0.6) is 0 Å². The number of halogens is 2. The van der Waals surface area contributed by atoms with Gasteiger partial charge in [0.25, 0.3) is 0 Å². The monoisotopic (exact) mass is 274 g/mol. The summed E-state index contributed by atoms with van der Waals surface area (Å²) in [5.41, 5.74) is 6.35. The highest BCUT2D eigenvalue weighted by Gasteiger charge is 2.19. The summed E-state index contributed by atoms with van der Waals surface area (Å²) in [4.78, 5) is 4.15. The fourth-order valence-corrected chi connectivity index (χ4v) is 2.08. The molecule has 1 aromatic carbocycles. The minimum absolute atomic E-state index is 0.264. The van der Waals surface area contributed by atoms with Crippen molar-refractivity contribution in [2.75, 3.05) is 0 Å². The van der Waals surface area contributed by atoms with Gasteiger partial charge in [0.15, 0.2) is 17.2 Å². The van der Waals surface area contributed by atoms with Gasteiger partial charge in [-0.05, 0) is 24.4 Å². The second kappa shape index (κ2) is 4.45. The Morgan fingerprint density at radius 1 is 1.38 bits per heavy atom. The SMILES string of the molecule is NC1=N[C@H](c2ccc(Cl)cc2Cl)NC(=S)N1. The quantitative estimate of drug-likeness (QED) is 0.684. The lowest BCUT2D eigenvalue weighted by molar-refractivity contribution is 0.660. The molecule has 1 atom stereocenters. The number of aliphatic imine (C=N–C) groups is 1. The molecule has 0 amide bonds. The maximum absolute atomic E-state index is 6.06. The standard InChI is InChI=1S/C9H8Cl2N4S/c10-4-1-2-5(6(11)3-4)7-13-8(12)15-9(16)14-7/h1-3,7H,(H4,12,13,14,15,16)/t7-/m0/s1. The Labute approximate surface area is 108 Å². The van der Waals surface area contributed by atoms with Crippen LogP contribution in [-0.2, 0) is 0 Å². The Morgan fingerprint density at radius 3 is 2.75 bits per heavy atom. The van der Waals surface area contributed by atoms with E-state index < -0.39 is 0 Å². The predicted molar refractivity (Wildman–Crippen MR) is 69.7 cm³/mol. The molecule has 0 saturated heterocycles. The first-order valence-corrected chi connectivity index (χ1v) is 5.58. The number of nitrogens with one attached hydrogen (secondary N) is 2. The largest absolute Gasteiger partial charge is 0.370 e. The van der Waals surface area contributed by atoms with Crippen LogP contribution < -0.4 is 16.4 Å². The van der Waals surface area contributed by atoms with Crippen molar-refractivity contribution in [3.05, 3.63) is 33.8 Å². The first-order chi connectivity index (χ1) is 7.56. The fraction of sp³-hybridized carbons (Fsp3) is 0.111. The molecule has 0 aromatic heterocycles. The van der Waals surface area contributed by atoms with Crippen LogP contribution in [-0.4, -0.2) is 11.1 Å². The van der Waals surface area contributed by atoms with Crippen molar-refractivity contribution < 1.29 is 0 Å². The van der Waals surface area contributed by atoms with E-state index in [1.807, 2.05) is 0 Å². The Balaban J connectivity index is 2.37. The number of hydrogen-bond donors (Lipinski definition) is 3. The number of hydrogen-bond acceptors (Lipinski definition) is 3. The molecular weight excluding hydrogens is 267 g/mol. The smallest absolute Gasteiger partial charge is 0.197 e. The normalized spacial score (nSPS) is 19.8. The van der Waals surface area contributed by atoms with E-state index in [1.165, 1.54) is 0 Å². The first-order valence-electron chi connectivity index (χ1n) is 4.42. The molecule has 4 nitrogen and oxygen atoms in total. The molecule has 0 radical (unpaired) electrons. The average molecular weight is 275 g/mol. The number of thiocarbonyl (C=S) groups is 1. The van der Waals surface area contributed by atoms with Crippen LogP contribution in [0.1, 0.15) is 11.7 Å².